The molecular weight excluding hydrogens is 338 g/mol. The molecule has 7 heteroatoms. The lowest BCUT2D eigenvalue weighted by Gasteiger charge is -2.19. The van der Waals surface area contributed by atoms with Gasteiger partial charge in [0.15, 0.2) is 5.16 Å². The summed E-state index contributed by atoms with van der Waals surface area (Å²) < 4.78 is 0. The van der Waals surface area contributed by atoms with Gasteiger partial charge in [0, 0.05) is 25.4 Å². The van der Waals surface area contributed by atoms with E-state index in [1.165, 1.54) is 22.4 Å². The summed E-state index contributed by atoms with van der Waals surface area (Å²) in [4.78, 5) is 17.8. The van der Waals surface area contributed by atoms with Crippen molar-refractivity contribution in [3.8, 4) is 0 Å². The zero-order valence-electron chi connectivity index (χ0n) is 13.8. The molecule has 1 aliphatic heterocycles. The smallest absolute Gasteiger partial charge is 0.190 e. The summed E-state index contributed by atoms with van der Waals surface area (Å²) >= 11 is 3.42. The molecule has 0 saturated carbocycles. The Morgan fingerprint density at radius 1 is 1.38 bits per heavy atom. The molecule has 0 spiro atoms. The van der Waals surface area contributed by atoms with E-state index in [0.717, 1.165) is 40.9 Å². The summed E-state index contributed by atoms with van der Waals surface area (Å²) in [5, 5.41) is 5.58. The third kappa shape index (κ3) is 2.99. The molecule has 3 aromatic heterocycles. The Morgan fingerprint density at radius 3 is 3.08 bits per heavy atom. The first-order valence-electron chi connectivity index (χ1n) is 8.05. The number of nitrogens with zero attached hydrogens (tertiary/aromatic N) is 3. The molecule has 0 aromatic carbocycles. The van der Waals surface area contributed by atoms with E-state index in [0.29, 0.717) is 0 Å². The number of anilines is 1. The van der Waals surface area contributed by atoms with Crippen LogP contribution in [0.15, 0.2) is 29.7 Å². The van der Waals surface area contributed by atoms with Crippen LogP contribution in [0.5, 0.6) is 0 Å². The van der Waals surface area contributed by atoms with Crippen molar-refractivity contribution in [2.24, 2.45) is 0 Å². The van der Waals surface area contributed by atoms with Crippen LogP contribution in [-0.4, -0.2) is 34.8 Å². The van der Waals surface area contributed by atoms with Crippen LogP contribution in [0.4, 0.5) is 5.82 Å². The van der Waals surface area contributed by atoms with Gasteiger partial charge in [-0.3, -0.25) is 4.98 Å². The van der Waals surface area contributed by atoms with Crippen molar-refractivity contribution in [2.45, 2.75) is 24.7 Å². The summed E-state index contributed by atoms with van der Waals surface area (Å²) in [6.45, 7) is 2.99. The van der Waals surface area contributed by atoms with E-state index in [-0.39, 0.29) is 0 Å². The molecule has 0 radical (unpaired) electrons. The lowest BCUT2D eigenvalue weighted by Crippen LogP contribution is -3.08. The van der Waals surface area contributed by atoms with Crippen LogP contribution in [0.1, 0.15) is 16.0 Å². The number of thioether (sulfide) groups is 1. The van der Waals surface area contributed by atoms with Crippen LogP contribution in [0.3, 0.4) is 0 Å². The number of pyridine rings is 1. The van der Waals surface area contributed by atoms with E-state index in [1.54, 1.807) is 22.9 Å². The third-order valence-electron chi connectivity index (χ3n) is 4.34. The summed E-state index contributed by atoms with van der Waals surface area (Å²) in [5.41, 5.74) is 2.60. The van der Waals surface area contributed by atoms with Crippen LogP contribution < -0.4 is 10.2 Å². The highest BCUT2D eigenvalue weighted by atomic mass is 32.2. The Bertz CT molecular complexity index is 862. The monoisotopic (exact) mass is 358 g/mol. The highest BCUT2D eigenvalue weighted by molar-refractivity contribution is 7.98. The zero-order chi connectivity index (χ0) is 16.5. The Balaban J connectivity index is 1.75. The molecule has 4 rings (SSSR count). The van der Waals surface area contributed by atoms with Gasteiger partial charge >= 0.3 is 0 Å². The highest BCUT2D eigenvalue weighted by Gasteiger charge is 2.25. The first-order valence-corrected chi connectivity index (χ1v) is 10.1. The lowest BCUT2D eigenvalue weighted by atomic mass is 10.1. The van der Waals surface area contributed by atoms with Crippen LogP contribution in [-0.2, 0) is 19.5 Å². The Morgan fingerprint density at radius 2 is 2.29 bits per heavy atom. The number of hydrogen-bond acceptors (Lipinski definition) is 6. The third-order valence-corrected chi connectivity index (χ3v) is 6.02. The van der Waals surface area contributed by atoms with Crippen molar-refractivity contribution in [3.63, 3.8) is 0 Å². The van der Waals surface area contributed by atoms with Gasteiger partial charge in [0.25, 0.3) is 0 Å². The normalized spacial score (nSPS) is 17.0. The van der Waals surface area contributed by atoms with Crippen molar-refractivity contribution in [2.75, 3.05) is 25.2 Å². The fourth-order valence-electron chi connectivity index (χ4n) is 3.10. The predicted octanol–water partition coefficient (Wildman–Crippen LogP) is 1.99. The summed E-state index contributed by atoms with van der Waals surface area (Å²) in [5.74, 6) is 0.963. The minimum atomic E-state index is 0.726. The quantitative estimate of drug-likeness (QED) is 0.552. The predicted molar refractivity (Wildman–Crippen MR) is 99.9 cm³/mol. The van der Waals surface area contributed by atoms with Gasteiger partial charge in [0.1, 0.15) is 17.2 Å². The van der Waals surface area contributed by atoms with Crippen molar-refractivity contribution in [1.29, 1.82) is 0 Å². The van der Waals surface area contributed by atoms with Gasteiger partial charge in [-0.2, -0.15) is 0 Å². The van der Waals surface area contributed by atoms with E-state index in [1.807, 2.05) is 29.9 Å². The van der Waals surface area contributed by atoms with Crippen molar-refractivity contribution in [1.82, 2.24) is 15.0 Å². The van der Waals surface area contributed by atoms with Gasteiger partial charge in [-0.25, -0.2) is 9.97 Å². The van der Waals surface area contributed by atoms with E-state index >= 15 is 0 Å². The molecule has 1 aliphatic rings. The number of nitrogens with one attached hydrogen (secondary N) is 2. The summed E-state index contributed by atoms with van der Waals surface area (Å²) in [6.07, 6.45) is 6.82. The lowest BCUT2D eigenvalue weighted by molar-refractivity contribution is -0.895. The molecule has 0 bridgehead atoms. The van der Waals surface area contributed by atoms with Crippen LogP contribution in [0.25, 0.3) is 10.2 Å². The van der Waals surface area contributed by atoms with Gasteiger partial charge in [0.2, 0.25) is 0 Å². The maximum atomic E-state index is 4.75. The van der Waals surface area contributed by atoms with E-state index < -0.39 is 0 Å². The second-order valence-corrected chi connectivity index (χ2v) is 7.95. The molecule has 2 N–H and O–H groups in total. The van der Waals surface area contributed by atoms with Gasteiger partial charge < -0.3 is 10.2 Å². The first-order chi connectivity index (χ1) is 11.7. The molecule has 124 valence electrons. The minimum absolute atomic E-state index is 0.726. The summed E-state index contributed by atoms with van der Waals surface area (Å²) in [7, 11) is 2.26. The Hall–Kier alpha value is -1.70. The second kappa shape index (κ2) is 6.66. The minimum Gasteiger partial charge on any atom is -0.365 e. The van der Waals surface area contributed by atoms with Gasteiger partial charge in [-0.15, -0.1) is 11.3 Å². The first kappa shape index (κ1) is 15.8. The SMILES string of the molecule is CSc1nc(NCc2cccnc2)c2c3c(sc2n1)C[NH+](C)CC3. The van der Waals surface area contributed by atoms with Crippen molar-refractivity contribution < 1.29 is 4.90 Å². The largest absolute Gasteiger partial charge is 0.365 e. The number of fused-ring (bicyclic) bond motifs is 3. The van der Waals surface area contributed by atoms with E-state index in [9.17, 15) is 0 Å². The topological polar surface area (TPSA) is 55.1 Å². The summed E-state index contributed by atoms with van der Waals surface area (Å²) in [6, 6.07) is 4.04. The zero-order valence-corrected chi connectivity index (χ0v) is 15.4. The Kier molecular flexibility index (Phi) is 4.39. The molecule has 0 amide bonds. The molecule has 1 unspecified atom stereocenters. The number of hydrogen-bond donors (Lipinski definition) is 2. The van der Waals surface area contributed by atoms with Crippen LogP contribution >= 0.6 is 23.1 Å². The molecule has 0 fully saturated rings. The molecule has 0 saturated heterocycles. The second-order valence-electron chi connectivity index (χ2n) is 6.09. The molecule has 5 nitrogen and oxygen atoms in total. The van der Waals surface area contributed by atoms with Crippen LogP contribution in [0, 0.1) is 0 Å². The Labute approximate surface area is 149 Å². The average Bonchev–Trinajstić information content (AvgIpc) is 2.97. The fraction of sp³-hybridized carbons (Fsp3) is 0.353. The van der Waals surface area contributed by atoms with Gasteiger partial charge in [-0.1, -0.05) is 17.8 Å². The maximum absolute atomic E-state index is 4.75. The highest BCUT2D eigenvalue weighted by Crippen LogP contribution is 2.36. The molecule has 1 atom stereocenters. The number of rotatable bonds is 4. The van der Waals surface area contributed by atoms with Gasteiger partial charge in [-0.05, 0) is 23.4 Å². The number of aromatic nitrogens is 3. The fourth-order valence-corrected chi connectivity index (χ4v) is 4.86. The van der Waals surface area contributed by atoms with Crippen molar-refractivity contribution >= 4 is 39.1 Å². The van der Waals surface area contributed by atoms with E-state index in [2.05, 4.69) is 23.4 Å². The number of quaternary nitrogens is 1. The molecular formula is C17H20N5S2+. The average molecular weight is 359 g/mol. The standard InChI is InChI=1S/C17H19N5S2/c1-22-7-5-12-13(10-22)24-16-14(12)15(20-17(21-16)23-2)19-9-11-4-3-6-18-8-11/h3-4,6,8H,5,7,9-10H2,1-2H3,(H,19,20,21)/p+1. The molecule has 3 aromatic rings. The number of thiophene rings is 1. The molecule has 0 aliphatic carbocycles. The van der Waals surface area contributed by atoms with E-state index in [4.69, 9.17) is 9.97 Å². The maximum Gasteiger partial charge on any atom is 0.190 e. The van der Waals surface area contributed by atoms with Crippen molar-refractivity contribution in [3.05, 3.63) is 40.5 Å². The number of likely N-dealkylation sites (N-methyl/N-ethyl adjacent to an activating group) is 1. The molecule has 4 heterocycles. The van der Waals surface area contributed by atoms with Gasteiger partial charge in [0.05, 0.1) is 23.9 Å². The van der Waals surface area contributed by atoms with Crippen LogP contribution in [0.2, 0.25) is 0 Å². The molecule has 24 heavy (non-hydrogen) atoms.